The number of ether oxygens (including phenoxy) is 1. The molecule has 1 aromatic carbocycles. The maximum absolute atomic E-state index is 13.2. The Labute approximate surface area is 197 Å². The van der Waals surface area contributed by atoms with Gasteiger partial charge in [-0.05, 0) is 35.9 Å². The van der Waals surface area contributed by atoms with Gasteiger partial charge < -0.3 is 9.84 Å². The Hall–Kier alpha value is -3.24. The van der Waals surface area contributed by atoms with Crippen LogP contribution >= 0.6 is 11.6 Å². The van der Waals surface area contributed by atoms with Gasteiger partial charge in [-0.3, -0.25) is 9.71 Å². The van der Waals surface area contributed by atoms with E-state index >= 15 is 0 Å². The Balaban J connectivity index is 2.16. The van der Waals surface area contributed by atoms with Crippen molar-refractivity contribution in [1.29, 1.82) is 5.26 Å². The molecule has 0 saturated carbocycles. The summed E-state index contributed by atoms with van der Waals surface area (Å²) in [5.41, 5.74) is -1.66. The number of rotatable bonds is 8. The number of benzene rings is 1. The van der Waals surface area contributed by atoms with Gasteiger partial charge in [0, 0.05) is 28.5 Å². The van der Waals surface area contributed by atoms with Crippen LogP contribution in [-0.2, 0) is 27.5 Å². The highest BCUT2D eigenvalue weighted by Crippen LogP contribution is 2.37. The monoisotopic (exact) mass is 512 g/mol. The van der Waals surface area contributed by atoms with Gasteiger partial charge in [0.2, 0.25) is 0 Å². The predicted octanol–water partition coefficient (Wildman–Crippen LogP) is 4.00. The molecular weight excluding hydrogens is 497 g/mol. The van der Waals surface area contributed by atoms with Crippen LogP contribution in [0.1, 0.15) is 16.8 Å². The fourth-order valence-corrected chi connectivity index (χ4v) is 4.47. The molecule has 8 nitrogen and oxygen atoms in total. The van der Waals surface area contributed by atoms with Gasteiger partial charge in [0.1, 0.15) is 11.5 Å². The summed E-state index contributed by atoms with van der Waals surface area (Å²) in [7, 11) is -4.28. The van der Waals surface area contributed by atoms with Crippen LogP contribution in [0.15, 0.2) is 53.7 Å². The summed E-state index contributed by atoms with van der Waals surface area (Å²) in [5, 5.41) is 18.3. The molecule has 3 aromatic rings. The van der Waals surface area contributed by atoms with E-state index in [2.05, 4.69) is 14.7 Å². The van der Waals surface area contributed by atoms with E-state index < -0.39 is 27.5 Å². The number of aliphatic hydroxyl groups is 1. The van der Waals surface area contributed by atoms with Gasteiger partial charge in [-0.15, -0.1) is 0 Å². The van der Waals surface area contributed by atoms with E-state index in [0.717, 1.165) is 12.3 Å². The molecule has 0 spiro atoms. The molecule has 0 aliphatic carbocycles. The van der Waals surface area contributed by atoms with Crippen molar-refractivity contribution >= 4 is 27.4 Å². The van der Waals surface area contributed by atoms with Gasteiger partial charge in [0.05, 0.1) is 36.3 Å². The highest BCUT2D eigenvalue weighted by atomic mass is 35.5. The van der Waals surface area contributed by atoms with E-state index in [4.69, 9.17) is 21.4 Å². The second kappa shape index (κ2) is 10.4. The van der Waals surface area contributed by atoms with Crippen LogP contribution in [-0.4, -0.2) is 36.7 Å². The average molecular weight is 513 g/mol. The summed E-state index contributed by atoms with van der Waals surface area (Å²) in [5.74, 6) is 0.0233. The van der Waals surface area contributed by atoms with Crippen molar-refractivity contribution in [3.05, 3.63) is 70.6 Å². The lowest BCUT2D eigenvalue weighted by atomic mass is 10.0. The topological polar surface area (TPSA) is 125 Å². The van der Waals surface area contributed by atoms with Crippen LogP contribution in [0.5, 0.6) is 0 Å². The van der Waals surface area contributed by atoms with Crippen LogP contribution in [0.2, 0.25) is 5.02 Å². The molecular formula is C21H16ClF3N4O4S. The van der Waals surface area contributed by atoms with E-state index in [-0.39, 0.29) is 52.2 Å². The smallest absolute Gasteiger partial charge is 0.394 e. The number of nitriles is 1. The van der Waals surface area contributed by atoms with Crippen molar-refractivity contribution in [2.45, 2.75) is 17.7 Å². The molecule has 13 heteroatoms. The van der Waals surface area contributed by atoms with Crippen LogP contribution < -0.4 is 4.72 Å². The third kappa shape index (κ3) is 5.81. The summed E-state index contributed by atoms with van der Waals surface area (Å²) in [6.45, 7) is -0.619. The number of nitrogens with one attached hydrogen (secondary N) is 1. The number of anilines is 1. The Morgan fingerprint density at radius 3 is 2.56 bits per heavy atom. The number of aromatic nitrogens is 2. The lowest BCUT2D eigenvalue weighted by Crippen LogP contribution is -2.17. The van der Waals surface area contributed by atoms with Crippen molar-refractivity contribution in [3.63, 3.8) is 0 Å². The standard InChI is InChI=1S/C21H16ClF3N4O4S/c22-17-7-14(12-33-6-5-30)18(34(31,32)29-20-3-1-2-4-27-20)9-15(17)16-11-28-19(21(23,24)25)8-13(16)10-26/h1-4,7-9,11,30H,5-6,12H2,(H,27,29). The number of halogens is 4. The molecule has 3 rings (SSSR count). The molecule has 0 amide bonds. The molecule has 0 aliphatic rings. The van der Waals surface area contributed by atoms with Crippen molar-refractivity contribution in [1.82, 2.24) is 9.97 Å². The largest absolute Gasteiger partial charge is 0.433 e. The van der Waals surface area contributed by atoms with Crippen molar-refractivity contribution in [3.8, 4) is 17.2 Å². The highest BCUT2D eigenvalue weighted by Gasteiger charge is 2.33. The fraction of sp³-hybridized carbons (Fsp3) is 0.190. The molecule has 0 saturated heterocycles. The predicted molar refractivity (Wildman–Crippen MR) is 116 cm³/mol. The van der Waals surface area contributed by atoms with E-state index in [1.54, 1.807) is 18.2 Å². The molecule has 2 aromatic heterocycles. The zero-order valence-corrected chi connectivity index (χ0v) is 18.7. The van der Waals surface area contributed by atoms with Crippen LogP contribution in [0, 0.1) is 11.3 Å². The molecule has 178 valence electrons. The first kappa shape index (κ1) is 25.4. The number of pyridine rings is 2. The maximum Gasteiger partial charge on any atom is 0.433 e. The summed E-state index contributed by atoms with van der Waals surface area (Å²) in [6, 6.07) is 9.18. The van der Waals surface area contributed by atoms with E-state index in [9.17, 15) is 26.9 Å². The normalized spacial score (nSPS) is 11.8. The average Bonchev–Trinajstić information content (AvgIpc) is 2.78. The summed E-state index contributed by atoms with van der Waals surface area (Å²) in [4.78, 5) is 6.96. The molecule has 0 radical (unpaired) electrons. The minimum absolute atomic E-state index is 0.0215. The molecule has 0 aliphatic heterocycles. The van der Waals surface area contributed by atoms with Crippen LogP contribution in [0.25, 0.3) is 11.1 Å². The first-order chi connectivity index (χ1) is 16.1. The van der Waals surface area contributed by atoms with Gasteiger partial charge in [-0.2, -0.15) is 18.4 Å². The number of sulfonamides is 1. The highest BCUT2D eigenvalue weighted by molar-refractivity contribution is 7.92. The zero-order chi connectivity index (χ0) is 24.9. The lowest BCUT2D eigenvalue weighted by molar-refractivity contribution is -0.141. The Kier molecular flexibility index (Phi) is 7.73. The number of alkyl halides is 3. The van der Waals surface area contributed by atoms with E-state index in [1.807, 2.05) is 0 Å². The van der Waals surface area contributed by atoms with Gasteiger partial charge in [0.15, 0.2) is 0 Å². The fourth-order valence-electron chi connectivity index (χ4n) is 2.94. The first-order valence-electron chi connectivity index (χ1n) is 9.49. The van der Waals surface area contributed by atoms with Crippen LogP contribution in [0.4, 0.5) is 19.0 Å². The van der Waals surface area contributed by atoms with E-state index in [1.165, 1.54) is 18.3 Å². The molecule has 0 atom stereocenters. The van der Waals surface area contributed by atoms with E-state index in [0.29, 0.717) is 6.07 Å². The summed E-state index contributed by atoms with van der Waals surface area (Å²) in [6.07, 6.45) is -2.58. The summed E-state index contributed by atoms with van der Waals surface area (Å²) >= 11 is 6.33. The molecule has 0 fully saturated rings. The van der Waals surface area contributed by atoms with Gasteiger partial charge >= 0.3 is 6.18 Å². The third-order valence-electron chi connectivity index (χ3n) is 4.44. The van der Waals surface area contributed by atoms with Gasteiger partial charge in [-0.25, -0.2) is 13.4 Å². The summed E-state index contributed by atoms with van der Waals surface area (Å²) < 4.78 is 72.9. The molecule has 2 N–H and O–H groups in total. The molecule has 34 heavy (non-hydrogen) atoms. The Bertz CT molecular complexity index is 1330. The molecule has 0 unspecified atom stereocenters. The van der Waals surface area contributed by atoms with Crippen molar-refractivity contribution in [2.24, 2.45) is 0 Å². The molecule has 0 bridgehead atoms. The first-order valence-corrected chi connectivity index (χ1v) is 11.4. The number of hydrogen-bond acceptors (Lipinski definition) is 7. The van der Waals surface area contributed by atoms with Gasteiger partial charge in [-0.1, -0.05) is 17.7 Å². The lowest BCUT2D eigenvalue weighted by Gasteiger charge is -2.16. The Morgan fingerprint density at radius 2 is 1.94 bits per heavy atom. The van der Waals surface area contributed by atoms with Gasteiger partial charge in [0.25, 0.3) is 10.0 Å². The van der Waals surface area contributed by atoms with Crippen molar-refractivity contribution in [2.75, 3.05) is 17.9 Å². The number of aliphatic hydroxyl groups excluding tert-OH is 1. The third-order valence-corrected chi connectivity index (χ3v) is 6.19. The Morgan fingerprint density at radius 1 is 1.18 bits per heavy atom. The second-order valence-corrected chi connectivity index (χ2v) is 8.82. The maximum atomic E-state index is 13.2. The minimum atomic E-state index is -4.77. The van der Waals surface area contributed by atoms with Crippen molar-refractivity contribution < 1.29 is 31.4 Å². The zero-order valence-electron chi connectivity index (χ0n) is 17.2. The number of hydrogen-bond donors (Lipinski definition) is 2. The van der Waals surface area contributed by atoms with Crippen LogP contribution in [0.3, 0.4) is 0 Å². The quantitative estimate of drug-likeness (QED) is 0.437. The molecule has 2 heterocycles. The number of nitrogens with zero attached hydrogens (tertiary/aromatic N) is 3. The minimum Gasteiger partial charge on any atom is -0.394 e. The SMILES string of the molecule is N#Cc1cc(C(F)(F)F)ncc1-c1cc(S(=O)(=O)Nc2ccccn2)c(COCCO)cc1Cl. The second-order valence-electron chi connectivity index (χ2n) is 6.76.